The predicted octanol–water partition coefficient (Wildman–Crippen LogP) is 2.64. The summed E-state index contributed by atoms with van der Waals surface area (Å²) in [5.74, 6) is 0.655. The van der Waals surface area contributed by atoms with Crippen molar-refractivity contribution in [2.45, 2.75) is 64.8 Å². The zero-order valence-electron chi connectivity index (χ0n) is 13.7. The van der Waals surface area contributed by atoms with Crippen molar-refractivity contribution in [3.63, 3.8) is 0 Å². The Morgan fingerprint density at radius 1 is 1.20 bits per heavy atom. The minimum Gasteiger partial charge on any atom is -0.394 e. The van der Waals surface area contributed by atoms with E-state index >= 15 is 0 Å². The van der Waals surface area contributed by atoms with Gasteiger partial charge in [0.15, 0.2) is 0 Å². The molecule has 0 amide bonds. The van der Waals surface area contributed by atoms with Gasteiger partial charge in [0, 0.05) is 5.54 Å². The van der Waals surface area contributed by atoms with Crippen LogP contribution in [0.5, 0.6) is 0 Å². The Hall–Kier alpha value is -0.120. The van der Waals surface area contributed by atoms with Gasteiger partial charge in [0.05, 0.1) is 6.61 Å². The number of hydrogen-bond donors (Lipinski definition) is 2. The Morgan fingerprint density at radius 3 is 2.50 bits per heavy atom. The van der Waals surface area contributed by atoms with Crippen LogP contribution in [0.15, 0.2) is 0 Å². The highest BCUT2D eigenvalue weighted by Gasteiger charge is 2.41. The van der Waals surface area contributed by atoms with Gasteiger partial charge in [-0.3, -0.25) is 0 Å². The number of hydrogen-bond acceptors (Lipinski definition) is 3. The van der Waals surface area contributed by atoms with Gasteiger partial charge in [-0.1, -0.05) is 27.2 Å². The van der Waals surface area contributed by atoms with Crippen LogP contribution >= 0.6 is 0 Å². The zero-order chi connectivity index (χ0) is 14.6. The second-order valence-corrected chi connectivity index (χ2v) is 7.73. The molecule has 1 aliphatic heterocycles. The fourth-order valence-corrected chi connectivity index (χ4v) is 4.13. The molecule has 20 heavy (non-hydrogen) atoms. The number of likely N-dealkylation sites (tertiary alicyclic amines) is 1. The van der Waals surface area contributed by atoms with Gasteiger partial charge in [-0.15, -0.1) is 0 Å². The third kappa shape index (κ3) is 3.75. The van der Waals surface area contributed by atoms with Crippen LogP contribution < -0.4 is 5.32 Å². The Balaban J connectivity index is 1.81. The van der Waals surface area contributed by atoms with Crippen LogP contribution in [0.2, 0.25) is 0 Å². The van der Waals surface area contributed by atoms with Crippen molar-refractivity contribution in [3.05, 3.63) is 0 Å². The second-order valence-electron chi connectivity index (χ2n) is 7.73. The van der Waals surface area contributed by atoms with Crippen molar-refractivity contribution >= 4 is 0 Å². The van der Waals surface area contributed by atoms with Gasteiger partial charge < -0.3 is 15.3 Å². The van der Waals surface area contributed by atoms with Gasteiger partial charge in [-0.2, -0.15) is 0 Å². The first-order valence-corrected chi connectivity index (χ1v) is 8.59. The lowest BCUT2D eigenvalue weighted by atomic mass is 9.82. The number of aliphatic hydroxyl groups is 1. The molecule has 3 heteroatoms. The third-order valence-electron chi connectivity index (χ3n) is 5.77. The molecule has 2 aliphatic rings. The first-order valence-electron chi connectivity index (χ1n) is 8.59. The standard InChI is InChI=1S/C17H34N2O/c1-4-18-17(14-20)8-5-6-15(17)7-11-19-12-9-16(2,3)10-13-19/h15,18,20H,4-14H2,1-3H3. The minimum absolute atomic E-state index is 0.0177. The molecular weight excluding hydrogens is 248 g/mol. The molecule has 1 saturated carbocycles. The zero-order valence-corrected chi connectivity index (χ0v) is 13.7. The molecule has 0 aromatic carbocycles. The quantitative estimate of drug-likeness (QED) is 0.786. The number of piperidine rings is 1. The molecule has 2 rings (SSSR count). The van der Waals surface area contributed by atoms with Crippen LogP contribution in [0.25, 0.3) is 0 Å². The van der Waals surface area contributed by atoms with Gasteiger partial charge in [0.2, 0.25) is 0 Å². The summed E-state index contributed by atoms with van der Waals surface area (Å²) in [4.78, 5) is 2.64. The molecule has 0 aromatic heterocycles. The molecule has 2 N–H and O–H groups in total. The van der Waals surface area contributed by atoms with Crippen LogP contribution in [-0.4, -0.2) is 48.3 Å². The summed E-state index contributed by atoms with van der Waals surface area (Å²) in [7, 11) is 0. The van der Waals surface area contributed by atoms with Crippen LogP contribution in [0.3, 0.4) is 0 Å². The Labute approximate surface area is 125 Å². The molecule has 2 unspecified atom stereocenters. The van der Waals surface area contributed by atoms with Crippen molar-refractivity contribution in [1.29, 1.82) is 0 Å². The monoisotopic (exact) mass is 282 g/mol. The van der Waals surface area contributed by atoms with Crippen LogP contribution in [0.4, 0.5) is 0 Å². The Kier molecular flexibility index (Phi) is 5.49. The van der Waals surface area contributed by atoms with E-state index in [9.17, 15) is 5.11 Å². The summed E-state index contributed by atoms with van der Waals surface area (Å²) in [5, 5.41) is 13.4. The van der Waals surface area contributed by atoms with Gasteiger partial charge in [0.1, 0.15) is 0 Å². The summed E-state index contributed by atoms with van der Waals surface area (Å²) in [6.07, 6.45) is 7.60. The van der Waals surface area contributed by atoms with Crippen molar-refractivity contribution in [2.24, 2.45) is 11.3 Å². The van der Waals surface area contributed by atoms with Crippen molar-refractivity contribution in [3.8, 4) is 0 Å². The van der Waals surface area contributed by atoms with Crippen LogP contribution in [0, 0.1) is 11.3 Å². The molecule has 1 saturated heterocycles. The summed E-state index contributed by atoms with van der Waals surface area (Å²) in [5.41, 5.74) is 0.562. The summed E-state index contributed by atoms with van der Waals surface area (Å²) in [6.45, 7) is 11.9. The lowest BCUT2D eigenvalue weighted by molar-refractivity contribution is 0.0948. The first-order chi connectivity index (χ1) is 9.51. The van der Waals surface area contributed by atoms with Gasteiger partial charge in [-0.25, -0.2) is 0 Å². The van der Waals surface area contributed by atoms with Gasteiger partial charge in [-0.05, 0) is 69.6 Å². The fourth-order valence-electron chi connectivity index (χ4n) is 4.13. The highest BCUT2D eigenvalue weighted by Crippen LogP contribution is 2.38. The maximum atomic E-state index is 9.85. The highest BCUT2D eigenvalue weighted by atomic mass is 16.3. The molecule has 0 spiro atoms. The number of nitrogens with one attached hydrogen (secondary N) is 1. The normalized spacial score (nSPS) is 34.5. The summed E-state index contributed by atoms with van der Waals surface area (Å²) >= 11 is 0. The molecule has 2 atom stereocenters. The topological polar surface area (TPSA) is 35.5 Å². The van der Waals surface area contributed by atoms with Crippen LogP contribution in [0.1, 0.15) is 59.3 Å². The van der Waals surface area contributed by atoms with E-state index in [1.54, 1.807) is 0 Å². The smallest absolute Gasteiger partial charge is 0.0616 e. The van der Waals surface area contributed by atoms with Crippen molar-refractivity contribution in [2.75, 3.05) is 32.8 Å². The molecule has 3 nitrogen and oxygen atoms in total. The molecular formula is C17H34N2O. The fraction of sp³-hybridized carbons (Fsp3) is 1.00. The molecule has 2 fully saturated rings. The Morgan fingerprint density at radius 2 is 1.90 bits per heavy atom. The largest absolute Gasteiger partial charge is 0.394 e. The van der Waals surface area contributed by atoms with Gasteiger partial charge in [0.25, 0.3) is 0 Å². The third-order valence-corrected chi connectivity index (χ3v) is 5.77. The number of rotatable bonds is 6. The van der Waals surface area contributed by atoms with E-state index < -0.39 is 0 Å². The van der Waals surface area contributed by atoms with Crippen LogP contribution in [-0.2, 0) is 0 Å². The first kappa shape index (κ1) is 16.3. The summed E-state index contributed by atoms with van der Waals surface area (Å²) < 4.78 is 0. The van der Waals surface area contributed by atoms with E-state index in [0.29, 0.717) is 17.9 Å². The van der Waals surface area contributed by atoms with Crippen molar-refractivity contribution < 1.29 is 5.11 Å². The van der Waals surface area contributed by atoms with Crippen molar-refractivity contribution in [1.82, 2.24) is 10.2 Å². The van der Waals surface area contributed by atoms with Gasteiger partial charge >= 0.3 is 0 Å². The van der Waals surface area contributed by atoms with E-state index in [0.717, 1.165) is 13.0 Å². The average Bonchev–Trinajstić information content (AvgIpc) is 2.81. The number of aliphatic hydroxyl groups excluding tert-OH is 1. The maximum Gasteiger partial charge on any atom is 0.0616 e. The molecule has 1 heterocycles. The average molecular weight is 282 g/mol. The van der Waals surface area contributed by atoms with E-state index in [-0.39, 0.29) is 5.54 Å². The number of nitrogens with zero attached hydrogens (tertiary/aromatic N) is 1. The molecule has 1 aliphatic carbocycles. The molecule has 0 aromatic rings. The van der Waals surface area contributed by atoms with E-state index in [1.165, 1.54) is 51.7 Å². The maximum absolute atomic E-state index is 9.85. The number of likely N-dealkylation sites (N-methyl/N-ethyl adjacent to an activating group) is 1. The lowest BCUT2D eigenvalue weighted by Gasteiger charge is -2.39. The second kappa shape index (κ2) is 6.76. The van der Waals surface area contributed by atoms with E-state index in [2.05, 4.69) is 31.0 Å². The summed E-state index contributed by atoms with van der Waals surface area (Å²) in [6, 6.07) is 0. The van der Waals surface area contributed by atoms with E-state index in [4.69, 9.17) is 0 Å². The Bertz CT molecular complexity index is 295. The highest BCUT2D eigenvalue weighted by molar-refractivity contribution is 4.99. The molecule has 0 radical (unpaired) electrons. The lowest BCUT2D eigenvalue weighted by Crippen LogP contribution is -2.52. The predicted molar refractivity (Wildman–Crippen MR) is 84.9 cm³/mol. The minimum atomic E-state index is 0.0177. The molecule has 0 bridgehead atoms. The SMILES string of the molecule is CCNC1(CO)CCCC1CCN1CCC(C)(C)CC1. The van der Waals surface area contributed by atoms with E-state index in [1.807, 2.05) is 0 Å². The molecule has 118 valence electrons.